The van der Waals surface area contributed by atoms with Crippen LogP contribution in [0.25, 0.3) is 0 Å². The Morgan fingerprint density at radius 1 is 1.50 bits per heavy atom. The van der Waals surface area contributed by atoms with Crippen molar-refractivity contribution in [3.63, 3.8) is 0 Å². The first kappa shape index (κ1) is 16.5. The summed E-state index contributed by atoms with van der Waals surface area (Å²) >= 11 is 3.30. The summed E-state index contributed by atoms with van der Waals surface area (Å²) < 4.78 is 27.2. The second-order valence-electron chi connectivity index (χ2n) is 4.11. The van der Waals surface area contributed by atoms with Crippen LogP contribution in [0.3, 0.4) is 0 Å². The number of hydrogen-bond acceptors (Lipinski definition) is 3. The van der Waals surface area contributed by atoms with Crippen molar-refractivity contribution in [2.45, 2.75) is 24.6 Å². The van der Waals surface area contributed by atoms with Crippen LogP contribution in [0, 0.1) is 21.7 Å². The average Bonchev–Trinajstić information content (AvgIpc) is 2.36. The van der Waals surface area contributed by atoms with E-state index in [0.29, 0.717) is 12.1 Å². The molecule has 1 rings (SSSR count). The lowest BCUT2D eigenvalue weighted by molar-refractivity contribution is -0.387. The molecule has 1 amide bonds. The molecule has 0 saturated heterocycles. The van der Waals surface area contributed by atoms with E-state index in [9.17, 15) is 23.7 Å². The highest BCUT2D eigenvalue weighted by Crippen LogP contribution is 2.23. The van der Waals surface area contributed by atoms with Gasteiger partial charge in [0.2, 0.25) is 5.82 Å². The van der Waals surface area contributed by atoms with Crippen LogP contribution >= 0.6 is 15.9 Å². The number of hydrogen-bond donors (Lipinski definition) is 1. The molecule has 0 aliphatic carbocycles. The average molecular weight is 351 g/mol. The van der Waals surface area contributed by atoms with E-state index in [2.05, 4.69) is 21.2 Å². The summed E-state index contributed by atoms with van der Waals surface area (Å²) in [7, 11) is 0. The minimum Gasteiger partial charge on any atom is -0.351 e. The quantitative estimate of drug-likeness (QED) is 0.486. The van der Waals surface area contributed by atoms with Crippen LogP contribution in [-0.4, -0.2) is 22.2 Å². The van der Waals surface area contributed by atoms with Crippen LogP contribution in [0.4, 0.5) is 14.5 Å². The molecule has 0 heterocycles. The third-order valence-corrected chi connectivity index (χ3v) is 3.36. The highest BCUT2D eigenvalue weighted by molar-refractivity contribution is 9.09. The van der Waals surface area contributed by atoms with Gasteiger partial charge in [-0.2, -0.15) is 4.39 Å². The molecule has 20 heavy (non-hydrogen) atoms. The lowest BCUT2D eigenvalue weighted by atomic mass is 10.1. The van der Waals surface area contributed by atoms with Crippen molar-refractivity contribution in [3.8, 4) is 0 Å². The fourth-order valence-electron chi connectivity index (χ4n) is 1.60. The normalized spacial score (nSPS) is 12.0. The number of benzene rings is 1. The van der Waals surface area contributed by atoms with Crippen LogP contribution in [0.2, 0.25) is 0 Å². The lowest BCUT2D eigenvalue weighted by Gasteiger charge is -2.11. The molecule has 0 bridgehead atoms. The fraction of sp³-hybridized carbons (Fsp3) is 0.417. The molecule has 5 nitrogen and oxygen atoms in total. The molecule has 0 radical (unpaired) electrons. The Kier molecular flexibility index (Phi) is 6.00. The van der Waals surface area contributed by atoms with Gasteiger partial charge in [0.25, 0.3) is 5.91 Å². The summed E-state index contributed by atoms with van der Waals surface area (Å²) in [5.74, 6) is -3.61. The fourth-order valence-corrected chi connectivity index (χ4v) is 2.22. The number of alkyl halides is 1. The molecular weight excluding hydrogens is 338 g/mol. The number of nitro benzene ring substituents is 1. The van der Waals surface area contributed by atoms with Crippen molar-refractivity contribution in [1.29, 1.82) is 0 Å². The Bertz CT molecular complexity index is 526. The molecular formula is C12H13BrF2N2O3. The first-order valence-corrected chi connectivity index (χ1v) is 6.84. The molecule has 0 spiro atoms. The molecule has 0 fully saturated rings. The number of nitrogens with one attached hydrogen (secondary N) is 1. The lowest BCUT2D eigenvalue weighted by Crippen LogP contribution is -2.31. The predicted molar refractivity (Wildman–Crippen MR) is 73.0 cm³/mol. The number of nitro groups is 1. The molecule has 1 aromatic carbocycles. The molecule has 0 saturated carbocycles. The molecule has 0 aromatic heterocycles. The van der Waals surface area contributed by atoms with Crippen LogP contribution in [-0.2, 0) is 0 Å². The second kappa shape index (κ2) is 7.28. The Balaban J connectivity index is 2.92. The van der Waals surface area contributed by atoms with Crippen molar-refractivity contribution in [3.05, 3.63) is 39.4 Å². The van der Waals surface area contributed by atoms with Gasteiger partial charge in [-0.05, 0) is 12.5 Å². The first-order valence-electron chi connectivity index (χ1n) is 5.93. The highest BCUT2D eigenvalue weighted by Gasteiger charge is 2.26. The smallest absolute Gasteiger partial charge is 0.305 e. The zero-order valence-corrected chi connectivity index (χ0v) is 12.2. The SMILES string of the molecule is CCCC(Br)CNC(=O)c1c(F)ccc([N+](=O)[O-])c1F. The van der Waals surface area contributed by atoms with Gasteiger partial charge in [0.1, 0.15) is 11.4 Å². The van der Waals surface area contributed by atoms with Crippen LogP contribution in [0.5, 0.6) is 0 Å². The maximum Gasteiger partial charge on any atom is 0.305 e. The van der Waals surface area contributed by atoms with Crippen molar-refractivity contribution in [2.75, 3.05) is 6.54 Å². The van der Waals surface area contributed by atoms with E-state index in [1.54, 1.807) is 0 Å². The van der Waals surface area contributed by atoms with Gasteiger partial charge in [-0.15, -0.1) is 0 Å². The third kappa shape index (κ3) is 3.96. The Hall–Kier alpha value is -1.57. The minimum atomic E-state index is -1.46. The number of halogens is 3. The summed E-state index contributed by atoms with van der Waals surface area (Å²) in [6.45, 7) is 2.13. The molecule has 0 aliphatic rings. The van der Waals surface area contributed by atoms with Gasteiger partial charge in [0.05, 0.1) is 4.92 Å². The van der Waals surface area contributed by atoms with Crippen molar-refractivity contribution >= 4 is 27.5 Å². The van der Waals surface area contributed by atoms with Crippen molar-refractivity contribution in [1.82, 2.24) is 5.32 Å². The number of amides is 1. The maximum absolute atomic E-state index is 13.8. The summed E-state index contributed by atoms with van der Waals surface area (Å²) in [6.07, 6.45) is 1.66. The van der Waals surface area contributed by atoms with Gasteiger partial charge in [-0.25, -0.2) is 4.39 Å². The van der Waals surface area contributed by atoms with Gasteiger partial charge >= 0.3 is 5.69 Å². The summed E-state index contributed by atoms with van der Waals surface area (Å²) in [4.78, 5) is 21.3. The molecule has 1 aromatic rings. The summed E-state index contributed by atoms with van der Waals surface area (Å²) in [5.41, 5.74) is -1.86. The van der Waals surface area contributed by atoms with E-state index >= 15 is 0 Å². The topological polar surface area (TPSA) is 72.2 Å². The van der Waals surface area contributed by atoms with Crippen LogP contribution in [0.15, 0.2) is 12.1 Å². The number of rotatable bonds is 6. The van der Waals surface area contributed by atoms with Crippen LogP contribution < -0.4 is 5.32 Å². The van der Waals surface area contributed by atoms with Gasteiger partial charge < -0.3 is 5.32 Å². The number of carbonyl (C=O) groups is 1. The third-order valence-electron chi connectivity index (χ3n) is 2.58. The van der Waals surface area contributed by atoms with Crippen molar-refractivity contribution < 1.29 is 18.5 Å². The minimum absolute atomic E-state index is 0.0266. The monoisotopic (exact) mass is 350 g/mol. The molecule has 1 atom stereocenters. The largest absolute Gasteiger partial charge is 0.351 e. The highest BCUT2D eigenvalue weighted by atomic mass is 79.9. The predicted octanol–water partition coefficient (Wildman–Crippen LogP) is 3.17. The number of nitrogens with zero attached hydrogens (tertiary/aromatic N) is 1. The van der Waals surface area contributed by atoms with E-state index in [-0.39, 0.29) is 11.4 Å². The van der Waals surface area contributed by atoms with Gasteiger partial charge in [-0.3, -0.25) is 14.9 Å². The zero-order valence-electron chi connectivity index (χ0n) is 10.7. The molecule has 1 N–H and O–H groups in total. The maximum atomic E-state index is 13.8. The zero-order chi connectivity index (χ0) is 15.3. The molecule has 0 aliphatic heterocycles. The van der Waals surface area contributed by atoms with E-state index in [4.69, 9.17) is 0 Å². The summed E-state index contributed by atoms with van der Waals surface area (Å²) in [5, 5.41) is 12.9. The number of carbonyl (C=O) groups excluding carboxylic acids is 1. The van der Waals surface area contributed by atoms with E-state index in [1.807, 2.05) is 6.92 Å². The molecule has 110 valence electrons. The van der Waals surface area contributed by atoms with Gasteiger partial charge in [0, 0.05) is 17.4 Å². The standard InChI is InChI=1S/C12H13BrF2N2O3/c1-2-3-7(13)6-16-12(18)10-8(14)4-5-9(11(10)15)17(19)20/h4-5,7H,2-3,6H2,1H3,(H,16,18). The van der Waals surface area contributed by atoms with Gasteiger partial charge in [0.15, 0.2) is 0 Å². The van der Waals surface area contributed by atoms with E-state index in [1.165, 1.54) is 0 Å². The Morgan fingerprint density at radius 2 is 2.15 bits per heavy atom. The molecule has 1 unspecified atom stereocenters. The Labute approximate surface area is 122 Å². The first-order chi connectivity index (χ1) is 9.38. The Morgan fingerprint density at radius 3 is 2.70 bits per heavy atom. The second-order valence-corrected chi connectivity index (χ2v) is 5.40. The van der Waals surface area contributed by atoms with E-state index in [0.717, 1.165) is 12.8 Å². The summed E-state index contributed by atoms with van der Waals surface area (Å²) in [6, 6.07) is 1.39. The van der Waals surface area contributed by atoms with Crippen molar-refractivity contribution in [2.24, 2.45) is 0 Å². The van der Waals surface area contributed by atoms with Crippen LogP contribution in [0.1, 0.15) is 30.1 Å². The van der Waals surface area contributed by atoms with Gasteiger partial charge in [-0.1, -0.05) is 29.3 Å². The molecule has 8 heteroatoms. The van der Waals surface area contributed by atoms with E-state index < -0.39 is 33.7 Å².